The molecule has 0 unspecified atom stereocenters. The Hall–Kier alpha value is -0.870. The average molecular weight is 239 g/mol. The maximum atomic E-state index is 5.78. The summed E-state index contributed by atoms with van der Waals surface area (Å²) in [4.78, 5) is 10.8. The van der Waals surface area contributed by atoms with Crippen LogP contribution in [0.1, 0.15) is 12.8 Å². The summed E-state index contributed by atoms with van der Waals surface area (Å²) in [6.45, 7) is 3.24. The van der Waals surface area contributed by atoms with Crippen LogP contribution >= 0.6 is 11.6 Å². The van der Waals surface area contributed by atoms with Crippen molar-refractivity contribution in [1.82, 2.24) is 15.3 Å². The third-order valence-electron chi connectivity index (χ3n) is 3.49. The molecular formula is C11H15ClN4. The van der Waals surface area contributed by atoms with E-state index < -0.39 is 0 Å². The lowest BCUT2D eigenvalue weighted by molar-refractivity contribution is 0.340. The minimum Gasteiger partial charge on any atom is -0.339 e. The minimum atomic E-state index is 0.596. The van der Waals surface area contributed by atoms with Gasteiger partial charge in [-0.25, -0.2) is 9.97 Å². The van der Waals surface area contributed by atoms with Gasteiger partial charge in [-0.3, -0.25) is 0 Å². The molecule has 3 rings (SSSR count). The summed E-state index contributed by atoms with van der Waals surface area (Å²) in [6, 6.07) is 0.619. The summed E-state index contributed by atoms with van der Waals surface area (Å²) in [5.74, 6) is 1.56. The van der Waals surface area contributed by atoms with Crippen LogP contribution in [0.3, 0.4) is 0 Å². The van der Waals surface area contributed by atoms with Gasteiger partial charge >= 0.3 is 0 Å². The van der Waals surface area contributed by atoms with Gasteiger partial charge in [0.2, 0.25) is 5.95 Å². The molecule has 1 N–H and O–H groups in total. The molecule has 0 amide bonds. The number of halogens is 1. The van der Waals surface area contributed by atoms with E-state index in [0.717, 1.165) is 31.5 Å². The fraction of sp³-hybridized carbons (Fsp3) is 0.636. The van der Waals surface area contributed by atoms with Crippen LogP contribution in [0.5, 0.6) is 0 Å². The van der Waals surface area contributed by atoms with Gasteiger partial charge < -0.3 is 10.2 Å². The van der Waals surface area contributed by atoms with E-state index in [1.807, 2.05) is 0 Å². The van der Waals surface area contributed by atoms with Crippen LogP contribution in [-0.2, 0) is 0 Å². The first-order valence-corrected chi connectivity index (χ1v) is 6.16. The molecular weight excluding hydrogens is 224 g/mol. The van der Waals surface area contributed by atoms with Crippen molar-refractivity contribution in [1.29, 1.82) is 0 Å². The summed E-state index contributed by atoms with van der Waals surface area (Å²) in [5, 5.41) is 4.16. The molecule has 2 saturated heterocycles. The Labute approximate surface area is 100 Å². The minimum absolute atomic E-state index is 0.596. The fourth-order valence-corrected chi connectivity index (χ4v) is 2.78. The molecule has 1 aromatic rings. The number of aromatic nitrogens is 2. The van der Waals surface area contributed by atoms with Crippen molar-refractivity contribution < 1.29 is 0 Å². The second-order valence-electron chi connectivity index (χ2n) is 4.57. The van der Waals surface area contributed by atoms with Gasteiger partial charge in [0.25, 0.3) is 0 Å². The molecule has 5 heteroatoms. The van der Waals surface area contributed by atoms with Gasteiger partial charge in [-0.15, -0.1) is 0 Å². The number of hydrogen-bond acceptors (Lipinski definition) is 4. The number of nitrogens with zero attached hydrogens (tertiary/aromatic N) is 3. The SMILES string of the molecule is Clc1cnc(N2C[C@@H]3CCCN[C@@H]3C2)nc1. The van der Waals surface area contributed by atoms with Crippen LogP contribution in [0.15, 0.2) is 12.4 Å². The van der Waals surface area contributed by atoms with E-state index in [-0.39, 0.29) is 0 Å². The highest BCUT2D eigenvalue weighted by Crippen LogP contribution is 2.27. The zero-order chi connectivity index (χ0) is 11.0. The van der Waals surface area contributed by atoms with Crippen molar-refractivity contribution in [2.45, 2.75) is 18.9 Å². The molecule has 86 valence electrons. The van der Waals surface area contributed by atoms with E-state index in [9.17, 15) is 0 Å². The molecule has 2 aliphatic heterocycles. The zero-order valence-corrected chi connectivity index (χ0v) is 9.82. The van der Waals surface area contributed by atoms with E-state index in [2.05, 4.69) is 20.2 Å². The molecule has 2 fully saturated rings. The summed E-state index contributed by atoms with van der Waals surface area (Å²) in [6.07, 6.45) is 5.94. The smallest absolute Gasteiger partial charge is 0.225 e. The molecule has 4 nitrogen and oxygen atoms in total. The average Bonchev–Trinajstić information content (AvgIpc) is 2.73. The molecule has 0 saturated carbocycles. The quantitative estimate of drug-likeness (QED) is 0.801. The first-order valence-electron chi connectivity index (χ1n) is 5.79. The Kier molecular flexibility index (Phi) is 2.69. The molecule has 0 aliphatic carbocycles. The van der Waals surface area contributed by atoms with Crippen molar-refractivity contribution in [2.24, 2.45) is 5.92 Å². The van der Waals surface area contributed by atoms with Crippen LogP contribution in [0.25, 0.3) is 0 Å². The largest absolute Gasteiger partial charge is 0.339 e. The van der Waals surface area contributed by atoms with Crippen LogP contribution < -0.4 is 10.2 Å². The lowest BCUT2D eigenvalue weighted by atomic mass is 9.94. The van der Waals surface area contributed by atoms with E-state index in [4.69, 9.17) is 11.6 Å². The van der Waals surface area contributed by atoms with Gasteiger partial charge in [0, 0.05) is 19.1 Å². The van der Waals surface area contributed by atoms with Crippen LogP contribution in [0, 0.1) is 5.92 Å². The molecule has 1 aromatic heterocycles. The van der Waals surface area contributed by atoms with Gasteiger partial charge in [0.05, 0.1) is 17.4 Å². The molecule has 2 aliphatic rings. The van der Waals surface area contributed by atoms with Gasteiger partial charge in [-0.05, 0) is 25.3 Å². The number of piperidine rings is 1. The van der Waals surface area contributed by atoms with Gasteiger partial charge in [0.15, 0.2) is 0 Å². The Bertz CT molecular complexity index is 353. The summed E-state index contributed by atoms with van der Waals surface area (Å²) >= 11 is 5.78. The molecule has 16 heavy (non-hydrogen) atoms. The molecule has 3 heterocycles. The molecule has 0 aromatic carbocycles. The van der Waals surface area contributed by atoms with E-state index in [0.29, 0.717) is 11.1 Å². The van der Waals surface area contributed by atoms with Crippen molar-refractivity contribution in [3.63, 3.8) is 0 Å². The number of anilines is 1. The first kappa shape index (κ1) is 10.3. The standard InChI is InChI=1S/C11H15ClN4/c12-9-4-14-11(15-5-9)16-6-8-2-1-3-13-10(8)7-16/h4-5,8,10,13H,1-3,6-7H2/t8-,10+/m0/s1. The van der Waals surface area contributed by atoms with E-state index >= 15 is 0 Å². The Morgan fingerprint density at radius 2 is 2.12 bits per heavy atom. The highest BCUT2D eigenvalue weighted by molar-refractivity contribution is 6.30. The third kappa shape index (κ3) is 1.87. The summed E-state index contributed by atoms with van der Waals surface area (Å²) in [5.41, 5.74) is 0. The lowest BCUT2D eigenvalue weighted by Crippen LogP contribution is -2.40. The first-order chi connectivity index (χ1) is 7.83. The zero-order valence-electron chi connectivity index (χ0n) is 9.06. The molecule has 0 bridgehead atoms. The number of hydrogen-bond donors (Lipinski definition) is 1. The van der Waals surface area contributed by atoms with Crippen LogP contribution in [0.2, 0.25) is 5.02 Å². The van der Waals surface area contributed by atoms with Gasteiger partial charge in [0.1, 0.15) is 0 Å². The van der Waals surface area contributed by atoms with Crippen LogP contribution in [0.4, 0.5) is 5.95 Å². The van der Waals surface area contributed by atoms with Crippen molar-refractivity contribution in [2.75, 3.05) is 24.5 Å². The maximum absolute atomic E-state index is 5.78. The van der Waals surface area contributed by atoms with Gasteiger partial charge in [-0.1, -0.05) is 11.6 Å². The van der Waals surface area contributed by atoms with Crippen LogP contribution in [-0.4, -0.2) is 35.6 Å². The Balaban J connectivity index is 1.75. The highest BCUT2D eigenvalue weighted by Gasteiger charge is 2.35. The van der Waals surface area contributed by atoms with E-state index in [1.165, 1.54) is 12.8 Å². The number of rotatable bonds is 1. The predicted molar refractivity (Wildman–Crippen MR) is 63.8 cm³/mol. The molecule has 0 spiro atoms. The Morgan fingerprint density at radius 3 is 2.88 bits per heavy atom. The highest BCUT2D eigenvalue weighted by atomic mass is 35.5. The fourth-order valence-electron chi connectivity index (χ4n) is 2.68. The Morgan fingerprint density at radius 1 is 1.31 bits per heavy atom. The predicted octanol–water partition coefficient (Wildman–Crippen LogP) is 1.32. The summed E-state index contributed by atoms with van der Waals surface area (Å²) < 4.78 is 0. The van der Waals surface area contributed by atoms with Crippen molar-refractivity contribution in [3.8, 4) is 0 Å². The number of nitrogens with one attached hydrogen (secondary N) is 1. The van der Waals surface area contributed by atoms with E-state index in [1.54, 1.807) is 12.4 Å². The topological polar surface area (TPSA) is 41.1 Å². The lowest BCUT2D eigenvalue weighted by Gasteiger charge is -2.24. The maximum Gasteiger partial charge on any atom is 0.225 e. The molecule has 0 radical (unpaired) electrons. The second kappa shape index (κ2) is 4.18. The summed E-state index contributed by atoms with van der Waals surface area (Å²) in [7, 11) is 0. The molecule has 2 atom stereocenters. The normalized spacial score (nSPS) is 29.2. The van der Waals surface area contributed by atoms with Gasteiger partial charge in [-0.2, -0.15) is 0 Å². The third-order valence-corrected chi connectivity index (χ3v) is 3.68. The number of fused-ring (bicyclic) bond motifs is 1. The van der Waals surface area contributed by atoms with Crippen molar-refractivity contribution >= 4 is 17.5 Å². The second-order valence-corrected chi connectivity index (χ2v) is 5.01. The monoisotopic (exact) mass is 238 g/mol. The van der Waals surface area contributed by atoms with Crippen molar-refractivity contribution in [3.05, 3.63) is 17.4 Å².